The van der Waals surface area contributed by atoms with Crippen molar-refractivity contribution in [3.05, 3.63) is 30.3 Å². The number of hydrogen-bond acceptors (Lipinski definition) is 4. The summed E-state index contributed by atoms with van der Waals surface area (Å²) in [6.07, 6.45) is -0.149. The molecule has 2 rings (SSSR count). The zero-order chi connectivity index (χ0) is 19.6. The van der Waals surface area contributed by atoms with E-state index in [0.29, 0.717) is 13.0 Å². The molecule has 0 radical (unpaired) electrons. The third kappa shape index (κ3) is 6.23. The Hall–Kier alpha value is -0.601. The van der Waals surface area contributed by atoms with Crippen LogP contribution in [0, 0.1) is 5.92 Å². The van der Waals surface area contributed by atoms with E-state index >= 15 is 0 Å². The van der Waals surface area contributed by atoms with Crippen molar-refractivity contribution in [3.8, 4) is 0 Å². The summed E-state index contributed by atoms with van der Waals surface area (Å²) in [4.78, 5) is -0.254. The Morgan fingerprint density at radius 3 is 2.27 bits per heavy atom. The number of hydrogen-bond donors (Lipinski definition) is 0. The van der Waals surface area contributed by atoms with Crippen molar-refractivity contribution in [2.24, 2.45) is 5.92 Å². The van der Waals surface area contributed by atoms with Crippen molar-refractivity contribution in [3.63, 3.8) is 0 Å². The molecule has 148 valence electrons. The Morgan fingerprint density at radius 2 is 1.73 bits per heavy atom. The molecule has 26 heavy (non-hydrogen) atoms. The van der Waals surface area contributed by atoms with Gasteiger partial charge in [-0.25, -0.2) is 0 Å². The monoisotopic (exact) mass is 460 g/mol. The normalized spacial score (nSPS) is 24.8. The molecule has 0 spiro atoms. The Labute approximate surface area is 158 Å². The number of benzene rings is 1. The summed E-state index contributed by atoms with van der Waals surface area (Å²) < 4.78 is 72.4. The van der Waals surface area contributed by atoms with Crippen LogP contribution in [0.3, 0.4) is 0 Å². The predicted octanol–water partition coefficient (Wildman–Crippen LogP) is 3.26. The molecule has 1 aliphatic carbocycles. The van der Waals surface area contributed by atoms with Gasteiger partial charge in [0, 0.05) is 0 Å². The molecule has 0 aliphatic heterocycles. The minimum absolute atomic E-state index is 0.0294. The summed E-state index contributed by atoms with van der Waals surface area (Å²) in [5.74, 6) is -0.0294. The molecule has 2 unspecified atom stereocenters. The number of rotatable bonds is 6. The minimum atomic E-state index is -5.60. The van der Waals surface area contributed by atoms with Gasteiger partial charge in [0.2, 0.25) is 0 Å². The van der Waals surface area contributed by atoms with Crippen LogP contribution in [-0.2, 0) is 19.0 Å². The van der Waals surface area contributed by atoms with Crippen molar-refractivity contribution in [2.75, 3.05) is 6.61 Å². The fourth-order valence-corrected chi connectivity index (χ4v) is 6.32. The van der Waals surface area contributed by atoms with Gasteiger partial charge >= 0.3 is 159 Å². The van der Waals surface area contributed by atoms with Crippen molar-refractivity contribution >= 4 is 29.5 Å². The Balaban J connectivity index is 2.12. The van der Waals surface area contributed by atoms with Crippen LogP contribution < -0.4 is 4.46 Å². The molecule has 0 amide bonds. The number of alkyl halides is 3. The van der Waals surface area contributed by atoms with Gasteiger partial charge in [-0.2, -0.15) is 0 Å². The van der Waals surface area contributed by atoms with Crippen molar-refractivity contribution in [2.45, 2.75) is 55.6 Å². The van der Waals surface area contributed by atoms with E-state index in [-0.39, 0.29) is 37.7 Å². The maximum absolute atomic E-state index is 12.7. The average Bonchev–Trinajstić information content (AvgIpc) is 2.86. The van der Waals surface area contributed by atoms with Crippen LogP contribution in [0.4, 0.5) is 13.2 Å². The molecule has 0 heterocycles. The van der Waals surface area contributed by atoms with E-state index < -0.39 is 21.7 Å². The van der Waals surface area contributed by atoms with Crippen LogP contribution in [0.5, 0.6) is 0 Å². The quantitative estimate of drug-likeness (QED) is 0.372. The standard InChI is InChI=1S/C17H23F3O4SSe/c1-16(2,3)23-11-12-9-14(24-25(21,22)17(18,19)20)15(10-12)26-13-7-5-4-6-8-13/h4-8,12,14-15H,9-11H2,1-3H3/t12-,14?,15?/m0/s1. The van der Waals surface area contributed by atoms with Crippen molar-refractivity contribution in [1.82, 2.24) is 0 Å². The second-order valence-electron chi connectivity index (χ2n) is 7.26. The molecule has 0 saturated heterocycles. The molecule has 0 bridgehead atoms. The van der Waals surface area contributed by atoms with E-state index in [9.17, 15) is 21.6 Å². The molecule has 1 aliphatic rings. The van der Waals surface area contributed by atoms with Crippen molar-refractivity contribution < 1.29 is 30.5 Å². The van der Waals surface area contributed by atoms with Gasteiger partial charge in [0.05, 0.1) is 0 Å². The van der Waals surface area contributed by atoms with Gasteiger partial charge in [-0.3, -0.25) is 0 Å². The molecular weight excluding hydrogens is 436 g/mol. The first-order valence-electron chi connectivity index (χ1n) is 8.22. The molecule has 0 aromatic heterocycles. The average molecular weight is 459 g/mol. The summed E-state index contributed by atoms with van der Waals surface area (Å²) in [6, 6.07) is 9.36. The molecule has 0 N–H and O–H groups in total. The molecule has 1 aromatic rings. The van der Waals surface area contributed by atoms with Crippen LogP contribution in [0.15, 0.2) is 30.3 Å². The zero-order valence-corrected chi connectivity index (χ0v) is 17.4. The number of ether oxygens (including phenoxy) is 1. The summed E-state index contributed by atoms with van der Waals surface area (Å²) in [5, 5.41) is 0. The zero-order valence-electron chi connectivity index (χ0n) is 14.8. The van der Waals surface area contributed by atoms with Gasteiger partial charge in [0.25, 0.3) is 0 Å². The first kappa shape index (κ1) is 21.7. The van der Waals surface area contributed by atoms with E-state index in [1.54, 1.807) is 0 Å². The fourth-order valence-electron chi connectivity index (χ4n) is 2.68. The predicted molar refractivity (Wildman–Crippen MR) is 93.9 cm³/mol. The number of halogens is 3. The van der Waals surface area contributed by atoms with Gasteiger partial charge in [0.1, 0.15) is 0 Å². The van der Waals surface area contributed by atoms with E-state index in [0.717, 1.165) is 4.46 Å². The van der Waals surface area contributed by atoms with Crippen LogP contribution in [0.25, 0.3) is 0 Å². The Kier molecular flexibility index (Phi) is 6.83. The second kappa shape index (κ2) is 8.19. The van der Waals surface area contributed by atoms with Gasteiger partial charge in [-0.05, 0) is 0 Å². The summed E-state index contributed by atoms with van der Waals surface area (Å²) >= 11 is -0.191. The van der Waals surface area contributed by atoms with E-state index in [4.69, 9.17) is 4.74 Å². The molecule has 1 aromatic carbocycles. The Bertz CT molecular complexity index is 686. The summed E-state index contributed by atoms with van der Waals surface area (Å²) in [7, 11) is -5.60. The molecular formula is C17H23F3O4SSe. The summed E-state index contributed by atoms with van der Waals surface area (Å²) in [5.41, 5.74) is -5.77. The molecule has 1 fully saturated rings. The summed E-state index contributed by atoms with van der Waals surface area (Å²) in [6.45, 7) is 6.07. The SMILES string of the molecule is CC(C)(C)OC[C@H]1CC(OS(=O)(=O)C(F)(F)F)C([Se]c2ccccc2)C1. The van der Waals surface area contributed by atoms with Crippen LogP contribution in [0.1, 0.15) is 33.6 Å². The van der Waals surface area contributed by atoms with Gasteiger partial charge in [-0.1, -0.05) is 0 Å². The third-order valence-corrected chi connectivity index (χ3v) is 7.75. The third-order valence-electron chi connectivity index (χ3n) is 3.86. The van der Waals surface area contributed by atoms with Crippen molar-refractivity contribution in [1.29, 1.82) is 0 Å². The molecule has 3 atom stereocenters. The van der Waals surface area contributed by atoms with Gasteiger partial charge in [-0.15, -0.1) is 0 Å². The second-order valence-corrected chi connectivity index (χ2v) is 11.6. The fraction of sp³-hybridized carbons (Fsp3) is 0.647. The van der Waals surface area contributed by atoms with E-state index in [1.807, 2.05) is 51.1 Å². The van der Waals surface area contributed by atoms with Gasteiger partial charge < -0.3 is 0 Å². The molecule has 1 saturated carbocycles. The Morgan fingerprint density at radius 1 is 1.12 bits per heavy atom. The molecule has 9 heteroatoms. The van der Waals surface area contributed by atoms with Crippen LogP contribution in [-0.4, -0.2) is 47.2 Å². The first-order valence-corrected chi connectivity index (χ1v) is 11.5. The van der Waals surface area contributed by atoms with E-state index in [2.05, 4.69) is 4.18 Å². The van der Waals surface area contributed by atoms with Crippen LogP contribution in [0.2, 0.25) is 4.82 Å². The van der Waals surface area contributed by atoms with E-state index in [1.165, 1.54) is 0 Å². The van der Waals surface area contributed by atoms with Gasteiger partial charge in [0.15, 0.2) is 0 Å². The van der Waals surface area contributed by atoms with Crippen LogP contribution >= 0.6 is 0 Å². The maximum atomic E-state index is 12.7. The first-order chi connectivity index (χ1) is 11.9. The topological polar surface area (TPSA) is 52.6 Å². The molecule has 4 nitrogen and oxygen atoms in total.